The molecule has 3 nitrogen and oxygen atoms in total. The number of nitrogens with two attached hydrogens (primary N) is 1. The van der Waals surface area contributed by atoms with Crippen LogP contribution in [-0.4, -0.2) is 19.1 Å². The molecule has 0 aliphatic heterocycles. The van der Waals surface area contributed by atoms with Gasteiger partial charge < -0.3 is 10.5 Å². The molecule has 0 aromatic heterocycles. The molecule has 0 spiro atoms. The van der Waals surface area contributed by atoms with Crippen molar-refractivity contribution in [2.45, 2.75) is 51.4 Å². The number of unbranched alkanes of at least 4 members (excludes halogenated alkanes) is 4. The molecule has 3 heteroatoms. The van der Waals surface area contributed by atoms with Gasteiger partial charge in [0.25, 0.3) is 0 Å². The molecule has 0 unspecified atom stereocenters. The fraction of sp³-hybridized carbons (Fsp3) is 0.588. The van der Waals surface area contributed by atoms with E-state index in [0.717, 1.165) is 18.4 Å². The Morgan fingerprint density at radius 2 is 1.85 bits per heavy atom. The summed E-state index contributed by atoms with van der Waals surface area (Å²) in [6.07, 6.45) is 6.19. The zero-order valence-corrected chi connectivity index (χ0v) is 12.5. The first-order chi connectivity index (χ1) is 9.77. The number of carbonyl (C=O) groups is 1. The second-order valence-corrected chi connectivity index (χ2v) is 5.18. The number of esters is 1. The lowest BCUT2D eigenvalue weighted by molar-refractivity contribution is -0.144. The first-order valence-corrected chi connectivity index (χ1v) is 7.68. The lowest BCUT2D eigenvalue weighted by Gasteiger charge is -2.14. The number of rotatable bonds is 10. The van der Waals surface area contributed by atoms with E-state index in [9.17, 15) is 4.79 Å². The van der Waals surface area contributed by atoms with E-state index in [1.165, 1.54) is 19.3 Å². The molecule has 0 saturated carbocycles. The molecule has 0 amide bonds. The van der Waals surface area contributed by atoms with E-state index in [1.807, 2.05) is 30.3 Å². The van der Waals surface area contributed by atoms with Crippen molar-refractivity contribution in [2.75, 3.05) is 13.2 Å². The van der Waals surface area contributed by atoms with Crippen molar-refractivity contribution in [3.8, 4) is 0 Å². The quantitative estimate of drug-likeness (QED) is 0.525. The van der Waals surface area contributed by atoms with E-state index >= 15 is 0 Å². The Morgan fingerprint density at radius 3 is 2.50 bits per heavy atom. The minimum absolute atomic E-state index is 0.0591. The van der Waals surface area contributed by atoms with Gasteiger partial charge in [-0.15, -0.1) is 0 Å². The summed E-state index contributed by atoms with van der Waals surface area (Å²) < 4.78 is 5.28. The molecule has 20 heavy (non-hydrogen) atoms. The van der Waals surface area contributed by atoms with Gasteiger partial charge in [-0.25, -0.2) is 0 Å². The Hall–Kier alpha value is -1.35. The van der Waals surface area contributed by atoms with Gasteiger partial charge in [-0.05, 0) is 18.5 Å². The molecule has 1 rings (SSSR count). The lowest BCUT2D eigenvalue weighted by atomic mass is 9.96. The summed E-state index contributed by atoms with van der Waals surface area (Å²) in [5, 5.41) is 0. The molecule has 2 N–H and O–H groups in total. The molecule has 0 saturated heterocycles. The summed E-state index contributed by atoms with van der Waals surface area (Å²) in [4.78, 5) is 11.8. The van der Waals surface area contributed by atoms with Crippen molar-refractivity contribution in [3.63, 3.8) is 0 Å². The number of carbonyl (C=O) groups excluding carboxylic acids is 1. The average Bonchev–Trinajstić information content (AvgIpc) is 2.49. The maximum absolute atomic E-state index is 11.8. The number of benzene rings is 1. The fourth-order valence-corrected chi connectivity index (χ4v) is 2.21. The molecule has 0 heterocycles. The molecular formula is C17H27NO2. The Bertz CT molecular complexity index is 365. The van der Waals surface area contributed by atoms with Crippen LogP contribution in [0.1, 0.15) is 56.9 Å². The van der Waals surface area contributed by atoms with E-state index in [2.05, 4.69) is 6.92 Å². The first-order valence-electron chi connectivity index (χ1n) is 7.68. The van der Waals surface area contributed by atoms with Gasteiger partial charge in [-0.3, -0.25) is 4.79 Å². The molecule has 0 bridgehead atoms. The molecule has 1 aromatic rings. The van der Waals surface area contributed by atoms with E-state index in [-0.39, 0.29) is 11.9 Å². The third-order valence-electron chi connectivity index (χ3n) is 3.48. The first kappa shape index (κ1) is 16.7. The summed E-state index contributed by atoms with van der Waals surface area (Å²) in [6, 6.07) is 9.92. The molecule has 0 fully saturated rings. The highest BCUT2D eigenvalue weighted by Crippen LogP contribution is 2.18. The Kier molecular flexibility index (Phi) is 8.72. The molecule has 1 atom stereocenters. The van der Waals surface area contributed by atoms with Crippen LogP contribution in [0.15, 0.2) is 30.3 Å². The Balaban J connectivity index is 2.23. The summed E-state index contributed by atoms with van der Waals surface area (Å²) in [7, 11) is 0. The molecule has 1 aromatic carbocycles. The van der Waals surface area contributed by atoms with Gasteiger partial charge in [0, 0.05) is 5.92 Å². The SMILES string of the molecule is CCCCCCCOC(=O)C[C@@H](CN)c1ccccc1. The van der Waals surface area contributed by atoms with E-state index in [4.69, 9.17) is 10.5 Å². The van der Waals surface area contributed by atoms with Gasteiger partial charge in [-0.2, -0.15) is 0 Å². The number of hydrogen-bond donors (Lipinski definition) is 1. The Labute approximate surface area is 122 Å². The van der Waals surface area contributed by atoms with Crippen molar-refractivity contribution in [2.24, 2.45) is 5.73 Å². The molecule has 0 aliphatic rings. The van der Waals surface area contributed by atoms with Gasteiger partial charge in [-0.1, -0.05) is 62.9 Å². The minimum atomic E-state index is -0.139. The number of ether oxygens (including phenoxy) is 1. The monoisotopic (exact) mass is 277 g/mol. The highest BCUT2D eigenvalue weighted by atomic mass is 16.5. The smallest absolute Gasteiger partial charge is 0.306 e. The standard InChI is InChI=1S/C17H27NO2/c1-2-3-4-5-9-12-20-17(19)13-16(14-18)15-10-7-6-8-11-15/h6-8,10-11,16H,2-5,9,12-14,18H2,1H3/t16-/m0/s1. The van der Waals surface area contributed by atoms with Crippen LogP contribution in [0.5, 0.6) is 0 Å². The zero-order valence-electron chi connectivity index (χ0n) is 12.5. The van der Waals surface area contributed by atoms with Crippen LogP contribution in [0, 0.1) is 0 Å². The molecule has 112 valence electrons. The van der Waals surface area contributed by atoms with Crippen LogP contribution in [-0.2, 0) is 9.53 Å². The van der Waals surface area contributed by atoms with Gasteiger partial charge in [0.15, 0.2) is 0 Å². The second-order valence-electron chi connectivity index (χ2n) is 5.18. The summed E-state index contributed by atoms with van der Waals surface area (Å²) in [5.74, 6) is -0.0800. The van der Waals surface area contributed by atoms with Crippen molar-refractivity contribution in [1.29, 1.82) is 0 Å². The van der Waals surface area contributed by atoms with Crippen LogP contribution in [0.3, 0.4) is 0 Å². The normalized spacial score (nSPS) is 12.1. The zero-order chi connectivity index (χ0) is 14.6. The predicted octanol–water partition coefficient (Wildman–Crippen LogP) is 3.63. The maximum Gasteiger partial charge on any atom is 0.306 e. The van der Waals surface area contributed by atoms with Crippen LogP contribution in [0.25, 0.3) is 0 Å². The molecular weight excluding hydrogens is 250 g/mol. The highest BCUT2D eigenvalue weighted by Gasteiger charge is 2.15. The fourth-order valence-electron chi connectivity index (χ4n) is 2.21. The second kappa shape index (κ2) is 10.4. The van der Waals surface area contributed by atoms with Gasteiger partial charge in [0.2, 0.25) is 0 Å². The van der Waals surface area contributed by atoms with Crippen molar-refractivity contribution in [3.05, 3.63) is 35.9 Å². The topological polar surface area (TPSA) is 52.3 Å². The summed E-state index contributed by atoms with van der Waals surface area (Å²) in [5.41, 5.74) is 6.86. The van der Waals surface area contributed by atoms with E-state index < -0.39 is 0 Å². The van der Waals surface area contributed by atoms with Crippen LogP contribution in [0.2, 0.25) is 0 Å². The van der Waals surface area contributed by atoms with E-state index in [1.54, 1.807) is 0 Å². The highest BCUT2D eigenvalue weighted by molar-refractivity contribution is 5.70. The maximum atomic E-state index is 11.8. The largest absolute Gasteiger partial charge is 0.466 e. The minimum Gasteiger partial charge on any atom is -0.466 e. The predicted molar refractivity (Wildman–Crippen MR) is 82.6 cm³/mol. The number of hydrogen-bond acceptors (Lipinski definition) is 3. The lowest BCUT2D eigenvalue weighted by Crippen LogP contribution is -2.18. The van der Waals surface area contributed by atoms with Crippen molar-refractivity contribution < 1.29 is 9.53 Å². The van der Waals surface area contributed by atoms with Gasteiger partial charge in [0.05, 0.1) is 13.0 Å². The third-order valence-corrected chi connectivity index (χ3v) is 3.48. The van der Waals surface area contributed by atoms with Crippen molar-refractivity contribution in [1.82, 2.24) is 0 Å². The van der Waals surface area contributed by atoms with Gasteiger partial charge >= 0.3 is 5.97 Å². The average molecular weight is 277 g/mol. The molecule has 0 radical (unpaired) electrons. The van der Waals surface area contributed by atoms with Gasteiger partial charge in [0.1, 0.15) is 0 Å². The summed E-state index contributed by atoms with van der Waals surface area (Å²) >= 11 is 0. The summed E-state index contributed by atoms with van der Waals surface area (Å²) in [6.45, 7) is 3.20. The van der Waals surface area contributed by atoms with Crippen LogP contribution >= 0.6 is 0 Å². The van der Waals surface area contributed by atoms with Crippen LogP contribution in [0.4, 0.5) is 0 Å². The Morgan fingerprint density at radius 1 is 1.15 bits per heavy atom. The van der Waals surface area contributed by atoms with E-state index in [0.29, 0.717) is 19.6 Å². The van der Waals surface area contributed by atoms with Crippen molar-refractivity contribution >= 4 is 5.97 Å². The van der Waals surface area contributed by atoms with Crippen LogP contribution < -0.4 is 5.73 Å². The third kappa shape index (κ3) is 6.71. The molecule has 0 aliphatic carbocycles.